The van der Waals surface area contributed by atoms with Crippen LogP contribution in [0, 0.1) is 17.8 Å². The van der Waals surface area contributed by atoms with Crippen molar-refractivity contribution in [2.75, 3.05) is 0 Å². The fourth-order valence-corrected chi connectivity index (χ4v) is 2.66. The Kier molecular flexibility index (Phi) is 6.31. The van der Waals surface area contributed by atoms with E-state index < -0.39 is 5.97 Å². The summed E-state index contributed by atoms with van der Waals surface area (Å²) < 4.78 is 0. The van der Waals surface area contributed by atoms with Crippen molar-refractivity contribution in [1.29, 1.82) is 0 Å². The van der Waals surface area contributed by atoms with Gasteiger partial charge < -0.3 is 5.11 Å². The van der Waals surface area contributed by atoms with Crippen LogP contribution >= 0.6 is 0 Å². The molecule has 0 aromatic carbocycles. The number of hydrogen-bond donors (Lipinski definition) is 1. The smallest absolute Gasteiger partial charge is 0.306 e. The van der Waals surface area contributed by atoms with E-state index >= 15 is 0 Å². The van der Waals surface area contributed by atoms with Crippen LogP contribution in [0.5, 0.6) is 0 Å². The molecule has 0 heterocycles. The summed E-state index contributed by atoms with van der Waals surface area (Å²) in [5.74, 6) is -0.0185. The van der Waals surface area contributed by atoms with Crippen LogP contribution in [0.15, 0.2) is 12.2 Å². The second-order valence-electron chi connectivity index (χ2n) is 5.36. The Morgan fingerprint density at radius 1 is 1.35 bits per heavy atom. The molecular weight excluding hydrogens is 212 g/mol. The van der Waals surface area contributed by atoms with Gasteiger partial charge in [0.15, 0.2) is 0 Å². The monoisotopic (exact) mass is 238 g/mol. The van der Waals surface area contributed by atoms with Gasteiger partial charge in [-0.1, -0.05) is 51.7 Å². The van der Waals surface area contributed by atoms with E-state index in [4.69, 9.17) is 5.11 Å². The van der Waals surface area contributed by atoms with Gasteiger partial charge in [-0.05, 0) is 31.1 Å². The second kappa shape index (κ2) is 7.52. The topological polar surface area (TPSA) is 37.3 Å². The fraction of sp³-hybridized carbons (Fsp3) is 0.800. The Bertz CT molecular complexity index is 252. The first-order chi connectivity index (χ1) is 8.15. The summed E-state index contributed by atoms with van der Waals surface area (Å²) >= 11 is 0. The van der Waals surface area contributed by atoms with Crippen molar-refractivity contribution in [3.8, 4) is 0 Å². The first kappa shape index (κ1) is 14.3. The molecule has 1 saturated carbocycles. The fourth-order valence-electron chi connectivity index (χ4n) is 2.66. The summed E-state index contributed by atoms with van der Waals surface area (Å²) in [6, 6.07) is 0. The molecule has 0 spiro atoms. The van der Waals surface area contributed by atoms with E-state index in [1.165, 1.54) is 32.1 Å². The molecule has 1 rings (SSSR count). The van der Waals surface area contributed by atoms with Crippen molar-refractivity contribution in [2.45, 2.75) is 58.8 Å². The van der Waals surface area contributed by atoms with Gasteiger partial charge in [0.25, 0.3) is 0 Å². The maximum Gasteiger partial charge on any atom is 0.306 e. The van der Waals surface area contributed by atoms with Crippen molar-refractivity contribution < 1.29 is 9.90 Å². The minimum absolute atomic E-state index is 0.208. The first-order valence-corrected chi connectivity index (χ1v) is 7.06. The van der Waals surface area contributed by atoms with Crippen LogP contribution in [-0.2, 0) is 4.79 Å². The molecule has 1 N–H and O–H groups in total. The number of hydrogen-bond acceptors (Lipinski definition) is 1. The van der Waals surface area contributed by atoms with Gasteiger partial charge in [-0.2, -0.15) is 0 Å². The zero-order chi connectivity index (χ0) is 12.7. The van der Waals surface area contributed by atoms with Gasteiger partial charge in [-0.3, -0.25) is 4.79 Å². The lowest BCUT2D eigenvalue weighted by molar-refractivity contribution is -0.142. The molecule has 0 aromatic rings. The molecule has 1 aliphatic carbocycles. The lowest BCUT2D eigenvalue weighted by Crippen LogP contribution is -2.19. The summed E-state index contributed by atoms with van der Waals surface area (Å²) in [7, 11) is 0. The van der Waals surface area contributed by atoms with Crippen molar-refractivity contribution >= 4 is 5.97 Å². The summed E-state index contributed by atoms with van der Waals surface area (Å²) in [6.45, 7) is 3.95. The summed E-state index contributed by atoms with van der Waals surface area (Å²) in [5, 5.41) is 9.08. The molecule has 17 heavy (non-hydrogen) atoms. The number of carbonyl (C=O) groups is 1. The van der Waals surface area contributed by atoms with Gasteiger partial charge in [0.1, 0.15) is 0 Å². The van der Waals surface area contributed by atoms with Crippen LogP contribution in [0.25, 0.3) is 0 Å². The molecule has 0 aliphatic heterocycles. The Hall–Kier alpha value is -0.790. The van der Waals surface area contributed by atoms with E-state index in [1.54, 1.807) is 0 Å². The predicted molar refractivity (Wildman–Crippen MR) is 70.9 cm³/mol. The van der Waals surface area contributed by atoms with E-state index in [-0.39, 0.29) is 11.8 Å². The third-order valence-corrected chi connectivity index (χ3v) is 3.93. The highest BCUT2D eigenvalue weighted by atomic mass is 16.4. The summed E-state index contributed by atoms with van der Waals surface area (Å²) in [6.07, 6.45) is 13.1. The quantitative estimate of drug-likeness (QED) is 0.702. The lowest BCUT2D eigenvalue weighted by Gasteiger charge is -2.20. The Balaban J connectivity index is 2.52. The average Bonchev–Trinajstić information content (AvgIpc) is 2.34. The number of carboxylic acids is 1. The van der Waals surface area contributed by atoms with Crippen LogP contribution < -0.4 is 0 Å². The molecule has 0 bridgehead atoms. The standard InChI is InChI=1S/C15H26O2/c1-3-7-14(12(2)15(16)17)11-10-13-8-5-4-6-9-13/h10-14H,3-9H2,1-2H3,(H,16,17)/b11-10+. The maximum atomic E-state index is 11.0. The van der Waals surface area contributed by atoms with E-state index in [1.807, 2.05) is 6.92 Å². The van der Waals surface area contributed by atoms with E-state index in [0.29, 0.717) is 5.92 Å². The van der Waals surface area contributed by atoms with Gasteiger partial charge in [-0.15, -0.1) is 0 Å². The van der Waals surface area contributed by atoms with Gasteiger partial charge >= 0.3 is 5.97 Å². The van der Waals surface area contributed by atoms with Gasteiger partial charge in [0.05, 0.1) is 5.92 Å². The van der Waals surface area contributed by atoms with E-state index in [9.17, 15) is 4.79 Å². The first-order valence-electron chi connectivity index (χ1n) is 7.06. The molecule has 2 atom stereocenters. The molecule has 1 aliphatic rings. The third kappa shape index (κ3) is 4.93. The summed E-state index contributed by atoms with van der Waals surface area (Å²) in [5.41, 5.74) is 0. The predicted octanol–water partition coefficient (Wildman–Crippen LogP) is 4.26. The molecule has 0 radical (unpaired) electrons. The van der Waals surface area contributed by atoms with Gasteiger partial charge in [0.2, 0.25) is 0 Å². The molecular formula is C15H26O2. The van der Waals surface area contributed by atoms with Crippen LogP contribution in [0.3, 0.4) is 0 Å². The zero-order valence-electron chi connectivity index (χ0n) is 11.2. The van der Waals surface area contributed by atoms with Crippen molar-refractivity contribution in [2.24, 2.45) is 17.8 Å². The number of rotatable bonds is 6. The third-order valence-electron chi connectivity index (χ3n) is 3.93. The molecule has 98 valence electrons. The minimum Gasteiger partial charge on any atom is -0.481 e. The Labute approximate surface area is 105 Å². The zero-order valence-corrected chi connectivity index (χ0v) is 11.2. The number of carboxylic acid groups (broad SMARTS) is 1. The van der Waals surface area contributed by atoms with Crippen LogP contribution in [0.4, 0.5) is 0 Å². The van der Waals surface area contributed by atoms with E-state index in [0.717, 1.165) is 12.8 Å². The highest BCUT2D eigenvalue weighted by molar-refractivity contribution is 5.70. The van der Waals surface area contributed by atoms with Gasteiger partial charge in [-0.25, -0.2) is 0 Å². The van der Waals surface area contributed by atoms with Crippen LogP contribution in [-0.4, -0.2) is 11.1 Å². The maximum absolute atomic E-state index is 11.0. The molecule has 0 saturated heterocycles. The van der Waals surface area contributed by atoms with Gasteiger partial charge in [0, 0.05) is 0 Å². The average molecular weight is 238 g/mol. The SMILES string of the molecule is CCCC(/C=C/C1CCCCC1)C(C)C(=O)O. The normalized spacial score (nSPS) is 21.5. The minimum atomic E-state index is -0.670. The molecule has 0 amide bonds. The Morgan fingerprint density at radius 3 is 2.53 bits per heavy atom. The molecule has 2 unspecified atom stereocenters. The lowest BCUT2D eigenvalue weighted by atomic mass is 9.85. The second-order valence-corrected chi connectivity index (χ2v) is 5.36. The van der Waals surface area contributed by atoms with E-state index in [2.05, 4.69) is 19.1 Å². The molecule has 2 heteroatoms. The molecule has 2 nitrogen and oxygen atoms in total. The van der Waals surface area contributed by atoms with Crippen molar-refractivity contribution in [3.05, 3.63) is 12.2 Å². The summed E-state index contributed by atoms with van der Waals surface area (Å²) in [4.78, 5) is 11.0. The highest BCUT2D eigenvalue weighted by Gasteiger charge is 2.21. The number of aliphatic carboxylic acids is 1. The van der Waals surface area contributed by atoms with Crippen molar-refractivity contribution in [3.63, 3.8) is 0 Å². The number of allylic oxidation sites excluding steroid dienone is 2. The molecule has 1 fully saturated rings. The largest absolute Gasteiger partial charge is 0.481 e. The van der Waals surface area contributed by atoms with Crippen LogP contribution in [0.1, 0.15) is 58.8 Å². The highest BCUT2D eigenvalue weighted by Crippen LogP contribution is 2.27. The Morgan fingerprint density at radius 2 is 2.00 bits per heavy atom. The molecule has 0 aromatic heterocycles. The van der Waals surface area contributed by atoms with Crippen LogP contribution in [0.2, 0.25) is 0 Å². The van der Waals surface area contributed by atoms with Crippen molar-refractivity contribution in [1.82, 2.24) is 0 Å².